The van der Waals surface area contributed by atoms with E-state index < -0.39 is 0 Å². The van der Waals surface area contributed by atoms with Gasteiger partial charge in [0.25, 0.3) is 5.56 Å². The first-order valence-electron chi connectivity index (χ1n) is 6.62. The molecule has 0 aliphatic heterocycles. The Morgan fingerprint density at radius 3 is 2.83 bits per heavy atom. The molecule has 0 spiro atoms. The molecular formula is C14H18N2OS. The summed E-state index contributed by atoms with van der Waals surface area (Å²) in [5, 5.41) is 0.851. The lowest BCUT2D eigenvalue weighted by Gasteiger charge is -2.30. The Kier molecular flexibility index (Phi) is 3.22. The van der Waals surface area contributed by atoms with Gasteiger partial charge in [-0.3, -0.25) is 8.75 Å². The molecule has 1 aromatic carbocycles. The zero-order valence-electron chi connectivity index (χ0n) is 10.3. The Bertz CT molecular complexity index is 601. The molecule has 96 valence electrons. The van der Waals surface area contributed by atoms with Gasteiger partial charge in [0.15, 0.2) is 0 Å². The van der Waals surface area contributed by atoms with Crippen LogP contribution in [-0.4, -0.2) is 10.5 Å². The van der Waals surface area contributed by atoms with Gasteiger partial charge in [-0.2, -0.15) is 0 Å². The van der Waals surface area contributed by atoms with Gasteiger partial charge >= 0.3 is 0 Å². The van der Waals surface area contributed by atoms with Gasteiger partial charge in [0.05, 0.1) is 16.1 Å². The van der Waals surface area contributed by atoms with E-state index in [4.69, 9.17) is 5.73 Å². The molecule has 4 heteroatoms. The van der Waals surface area contributed by atoms with Gasteiger partial charge in [0.2, 0.25) is 0 Å². The van der Waals surface area contributed by atoms with E-state index in [0.29, 0.717) is 18.5 Å². The summed E-state index contributed by atoms with van der Waals surface area (Å²) < 4.78 is 3.06. The van der Waals surface area contributed by atoms with E-state index in [0.717, 1.165) is 22.9 Å². The maximum absolute atomic E-state index is 12.4. The highest BCUT2D eigenvalue weighted by molar-refractivity contribution is 7.13. The summed E-state index contributed by atoms with van der Waals surface area (Å²) in [6.07, 6.45) is 4.70. The van der Waals surface area contributed by atoms with Gasteiger partial charge in [0, 0.05) is 0 Å². The van der Waals surface area contributed by atoms with Gasteiger partial charge in [-0.15, -0.1) is 0 Å². The highest BCUT2D eigenvalue weighted by atomic mass is 32.1. The first kappa shape index (κ1) is 11.9. The topological polar surface area (TPSA) is 48.0 Å². The highest BCUT2D eigenvalue weighted by Crippen LogP contribution is 2.34. The molecule has 3 nitrogen and oxygen atoms in total. The van der Waals surface area contributed by atoms with Gasteiger partial charge in [-0.05, 0) is 37.4 Å². The van der Waals surface area contributed by atoms with Crippen molar-refractivity contribution < 1.29 is 0 Å². The van der Waals surface area contributed by atoms with Crippen molar-refractivity contribution in [1.29, 1.82) is 0 Å². The third-order valence-electron chi connectivity index (χ3n) is 3.99. The smallest absolute Gasteiger partial charge is 0.268 e. The molecule has 1 saturated carbocycles. The van der Waals surface area contributed by atoms with E-state index in [9.17, 15) is 4.79 Å². The lowest BCUT2D eigenvalue weighted by molar-refractivity contribution is 0.254. The van der Waals surface area contributed by atoms with Crippen LogP contribution in [0.25, 0.3) is 10.1 Å². The molecule has 1 aliphatic rings. The molecule has 1 aromatic heterocycles. The molecular weight excluding hydrogens is 244 g/mol. The van der Waals surface area contributed by atoms with Crippen molar-refractivity contribution in [3.8, 4) is 0 Å². The summed E-state index contributed by atoms with van der Waals surface area (Å²) in [5.74, 6) is 0.463. The molecule has 1 aliphatic carbocycles. The van der Waals surface area contributed by atoms with Crippen LogP contribution in [0.15, 0.2) is 29.1 Å². The Morgan fingerprint density at radius 1 is 1.28 bits per heavy atom. The third kappa shape index (κ3) is 1.89. The fraction of sp³-hybridized carbons (Fsp3) is 0.500. The van der Waals surface area contributed by atoms with E-state index >= 15 is 0 Å². The van der Waals surface area contributed by atoms with Crippen molar-refractivity contribution in [2.75, 3.05) is 6.54 Å². The summed E-state index contributed by atoms with van der Waals surface area (Å²) in [4.78, 5) is 12.4. The van der Waals surface area contributed by atoms with Crippen LogP contribution < -0.4 is 11.3 Å². The van der Waals surface area contributed by atoms with Crippen LogP contribution in [0.3, 0.4) is 0 Å². The number of aromatic nitrogens is 1. The van der Waals surface area contributed by atoms with Crippen LogP contribution in [0.5, 0.6) is 0 Å². The zero-order chi connectivity index (χ0) is 12.5. The van der Waals surface area contributed by atoms with Crippen LogP contribution in [0.2, 0.25) is 0 Å². The number of nitrogens with zero attached hydrogens (tertiary/aromatic N) is 1. The Balaban J connectivity index is 2.07. The normalized spacial score (nSPS) is 24.5. The SMILES string of the molecule is NCC1CCCCC1n1sc2ccccc2c1=O. The summed E-state index contributed by atoms with van der Waals surface area (Å²) in [6.45, 7) is 0.686. The summed E-state index contributed by atoms with van der Waals surface area (Å²) in [6, 6.07) is 8.18. The molecule has 0 amide bonds. The van der Waals surface area contributed by atoms with Crippen LogP contribution in [0, 0.1) is 5.92 Å². The van der Waals surface area contributed by atoms with Gasteiger partial charge in [-0.1, -0.05) is 36.5 Å². The molecule has 0 bridgehead atoms. The van der Waals surface area contributed by atoms with E-state index in [1.165, 1.54) is 12.8 Å². The van der Waals surface area contributed by atoms with Crippen molar-refractivity contribution in [3.05, 3.63) is 34.6 Å². The van der Waals surface area contributed by atoms with E-state index in [1.54, 1.807) is 11.5 Å². The quantitative estimate of drug-likeness (QED) is 0.904. The van der Waals surface area contributed by atoms with Crippen molar-refractivity contribution >= 4 is 21.6 Å². The fourth-order valence-corrected chi connectivity index (χ4v) is 4.18. The average molecular weight is 262 g/mol. The second-order valence-electron chi connectivity index (χ2n) is 5.07. The number of hydrogen-bond donors (Lipinski definition) is 1. The van der Waals surface area contributed by atoms with E-state index in [2.05, 4.69) is 0 Å². The molecule has 18 heavy (non-hydrogen) atoms. The maximum atomic E-state index is 12.4. The second-order valence-corrected chi connectivity index (χ2v) is 6.08. The first-order valence-corrected chi connectivity index (χ1v) is 7.39. The lowest BCUT2D eigenvalue weighted by Crippen LogP contribution is -2.32. The minimum atomic E-state index is 0.168. The van der Waals surface area contributed by atoms with Crippen molar-refractivity contribution in [2.45, 2.75) is 31.7 Å². The molecule has 1 heterocycles. The molecule has 2 aromatic rings. The highest BCUT2D eigenvalue weighted by Gasteiger charge is 2.27. The minimum absolute atomic E-state index is 0.168. The largest absolute Gasteiger partial charge is 0.330 e. The van der Waals surface area contributed by atoms with E-state index in [-0.39, 0.29) is 5.56 Å². The molecule has 0 saturated heterocycles. The van der Waals surface area contributed by atoms with Crippen LogP contribution in [0.1, 0.15) is 31.7 Å². The number of rotatable bonds is 2. The van der Waals surface area contributed by atoms with Crippen molar-refractivity contribution in [2.24, 2.45) is 11.7 Å². The number of nitrogens with two attached hydrogens (primary N) is 1. The fourth-order valence-electron chi connectivity index (χ4n) is 2.98. The predicted octanol–water partition coefficient (Wildman–Crippen LogP) is 2.75. The Morgan fingerprint density at radius 2 is 2.06 bits per heavy atom. The van der Waals surface area contributed by atoms with Crippen LogP contribution in [0.4, 0.5) is 0 Å². The number of benzene rings is 1. The predicted molar refractivity (Wildman–Crippen MR) is 76.1 cm³/mol. The van der Waals surface area contributed by atoms with Gasteiger partial charge < -0.3 is 5.73 Å². The van der Waals surface area contributed by atoms with Crippen molar-refractivity contribution in [1.82, 2.24) is 3.96 Å². The molecule has 0 radical (unpaired) electrons. The summed E-state index contributed by atoms with van der Waals surface area (Å²) in [7, 11) is 0. The molecule has 2 N–H and O–H groups in total. The minimum Gasteiger partial charge on any atom is -0.330 e. The van der Waals surface area contributed by atoms with E-state index in [1.807, 2.05) is 28.2 Å². The molecule has 2 unspecified atom stereocenters. The Labute approximate surface area is 110 Å². The number of fused-ring (bicyclic) bond motifs is 1. The van der Waals surface area contributed by atoms with Crippen molar-refractivity contribution in [3.63, 3.8) is 0 Å². The zero-order valence-corrected chi connectivity index (χ0v) is 11.2. The standard InChI is InChI=1S/C14H18N2OS/c15-9-10-5-1-3-7-12(10)16-14(17)11-6-2-4-8-13(11)18-16/h2,4,6,8,10,12H,1,3,5,7,9,15H2. The molecule has 3 rings (SSSR count). The Hall–Kier alpha value is -1.13. The summed E-state index contributed by atoms with van der Waals surface area (Å²) >= 11 is 1.60. The lowest BCUT2D eigenvalue weighted by atomic mass is 9.85. The monoisotopic (exact) mass is 262 g/mol. The van der Waals surface area contributed by atoms with Crippen LogP contribution in [-0.2, 0) is 0 Å². The third-order valence-corrected chi connectivity index (χ3v) is 5.17. The van der Waals surface area contributed by atoms with Gasteiger partial charge in [-0.25, -0.2) is 0 Å². The summed E-state index contributed by atoms with van der Waals surface area (Å²) in [5.41, 5.74) is 6.03. The van der Waals surface area contributed by atoms with Gasteiger partial charge in [0.1, 0.15) is 0 Å². The first-order chi connectivity index (χ1) is 8.81. The molecule has 1 fully saturated rings. The molecule has 2 atom stereocenters. The van der Waals surface area contributed by atoms with Crippen LogP contribution >= 0.6 is 11.5 Å². The average Bonchev–Trinajstić information content (AvgIpc) is 2.76. The maximum Gasteiger partial charge on any atom is 0.268 e. The number of hydrogen-bond acceptors (Lipinski definition) is 3. The second kappa shape index (κ2) is 4.86.